The molecule has 116 valence electrons. The van der Waals surface area contributed by atoms with E-state index >= 15 is 0 Å². The fourth-order valence-corrected chi connectivity index (χ4v) is 7.18. The van der Waals surface area contributed by atoms with Crippen LogP contribution in [0, 0.1) is 5.41 Å². The zero-order valence-corrected chi connectivity index (χ0v) is 16.3. The normalized spacial score (nSPS) is 19.2. The molecule has 0 aromatic rings. The van der Waals surface area contributed by atoms with Crippen LogP contribution in [0.3, 0.4) is 0 Å². The maximum Gasteiger partial charge on any atom is -1.00 e. The van der Waals surface area contributed by atoms with Crippen LogP contribution in [0.4, 0.5) is 0 Å². The van der Waals surface area contributed by atoms with Crippen molar-refractivity contribution in [1.82, 2.24) is 0 Å². The Hall–Kier alpha value is -0.297. The molecule has 2 rings (SSSR count). The van der Waals surface area contributed by atoms with Crippen molar-refractivity contribution in [1.29, 1.82) is 0 Å². The Morgan fingerprint density at radius 3 is 2.38 bits per heavy atom. The molecule has 0 heterocycles. The molecule has 0 unspecified atom stereocenters. The zero-order chi connectivity index (χ0) is 14.0. The second-order valence-corrected chi connectivity index (χ2v) is 9.70. The van der Waals surface area contributed by atoms with Gasteiger partial charge in [-0.1, -0.05) is 0 Å². The van der Waals surface area contributed by atoms with Crippen molar-refractivity contribution >= 4 is 0 Å². The summed E-state index contributed by atoms with van der Waals surface area (Å²) in [6, 6.07) is 0. The van der Waals surface area contributed by atoms with Crippen molar-refractivity contribution in [3.8, 4) is 0 Å². The molecule has 2 aliphatic rings. The van der Waals surface area contributed by atoms with Crippen LogP contribution in [0.5, 0.6) is 0 Å². The topological polar surface area (TPSA) is 0 Å². The van der Waals surface area contributed by atoms with Gasteiger partial charge < -0.3 is 9.41 Å². The largest absolute Gasteiger partial charge is 1.00 e. The molecule has 0 atom stereocenters. The summed E-state index contributed by atoms with van der Waals surface area (Å²) in [5.74, 6) is 0. The van der Waals surface area contributed by atoms with E-state index in [-0.39, 0.29) is 9.41 Å². The third-order valence-corrected chi connectivity index (χ3v) is 9.31. The first-order chi connectivity index (χ1) is 8.98. The summed E-state index contributed by atoms with van der Waals surface area (Å²) in [5.41, 5.74) is 5.31. The summed E-state index contributed by atoms with van der Waals surface area (Å²) in [4.78, 5) is 0. The van der Waals surface area contributed by atoms with E-state index < -0.39 is 23.2 Å². The maximum atomic E-state index is 2.45. The number of unbranched alkanes of at least 4 members (excludes halogenated alkanes) is 1. The molecule has 0 amide bonds. The molecule has 21 heavy (non-hydrogen) atoms. The molecule has 0 aliphatic heterocycles. The Morgan fingerprint density at radius 2 is 1.86 bits per heavy atom. The van der Waals surface area contributed by atoms with Crippen molar-refractivity contribution in [3.05, 3.63) is 41.5 Å². The Kier molecular flexibility index (Phi) is 8.25. The monoisotopic (exact) mass is 370 g/mol. The zero-order valence-electron chi connectivity index (χ0n) is 13.8. The average molecular weight is 372 g/mol. The molecule has 0 nitrogen and oxygen atoms in total. The molecule has 0 radical (unpaired) electrons. The number of allylic oxidation sites excluding steroid dienone is 8. The smallest absolute Gasteiger partial charge is 1.00 e. The van der Waals surface area contributed by atoms with Crippen LogP contribution in [0.2, 0.25) is 0 Å². The van der Waals surface area contributed by atoms with E-state index in [0.29, 0.717) is 5.41 Å². The first kappa shape index (κ1) is 20.7. The van der Waals surface area contributed by atoms with E-state index in [1.54, 1.807) is 20.0 Å². The van der Waals surface area contributed by atoms with Gasteiger partial charge >= 0.3 is 130 Å². The summed E-state index contributed by atoms with van der Waals surface area (Å²) in [7, 11) is 0. The van der Waals surface area contributed by atoms with Crippen molar-refractivity contribution in [2.75, 3.05) is 0 Å². The minimum Gasteiger partial charge on any atom is -1.00 e. The van der Waals surface area contributed by atoms with Crippen LogP contribution in [0.25, 0.3) is 0 Å². The summed E-state index contributed by atoms with van der Waals surface area (Å²) < 4.78 is 3.61. The van der Waals surface area contributed by atoms with Gasteiger partial charge in [-0.2, -0.15) is 0 Å². The number of halogens is 2. The number of hydrogen-bond acceptors (Lipinski definition) is 0. The SMILES string of the molecule is CCCCC1=[C]([Zr+2][C]2=CC=CC2)C(C)(C)C(C)=C1C.[F-].[F-]. The molecule has 0 saturated carbocycles. The minimum atomic E-state index is -0.560. The molecule has 2 aliphatic carbocycles. The quantitative estimate of drug-likeness (QED) is 0.625. The van der Waals surface area contributed by atoms with Gasteiger partial charge in [-0.3, -0.25) is 0 Å². The van der Waals surface area contributed by atoms with E-state index in [2.05, 4.69) is 52.8 Å². The molecule has 3 heteroatoms. The van der Waals surface area contributed by atoms with Gasteiger partial charge in [-0.05, 0) is 0 Å². The first-order valence-corrected chi connectivity index (χ1v) is 9.99. The van der Waals surface area contributed by atoms with E-state index in [1.165, 1.54) is 25.7 Å². The van der Waals surface area contributed by atoms with E-state index in [1.807, 2.05) is 3.28 Å². The van der Waals surface area contributed by atoms with Gasteiger partial charge in [0.2, 0.25) is 0 Å². The minimum absolute atomic E-state index is 0. The molecule has 0 N–H and O–H groups in total. The van der Waals surface area contributed by atoms with Crippen LogP contribution in [0.15, 0.2) is 41.5 Å². The van der Waals surface area contributed by atoms with Gasteiger partial charge in [-0.15, -0.1) is 0 Å². The van der Waals surface area contributed by atoms with Gasteiger partial charge in [0, 0.05) is 0 Å². The van der Waals surface area contributed by atoms with Crippen LogP contribution in [0.1, 0.15) is 60.3 Å². The molecule has 0 bridgehead atoms. The molecule has 0 aromatic carbocycles. The fraction of sp³-hybridized carbons (Fsp3) is 0.556. The van der Waals surface area contributed by atoms with E-state index in [9.17, 15) is 0 Å². The molecule has 0 saturated heterocycles. The van der Waals surface area contributed by atoms with Gasteiger partial charge in [0.15, 0.2) is 0 Å². The van der Waals surface area contributed by atoms with Crippen molar-refractivity contribution in [2.45, 2.75) is 60.3 Å². The fourth-order valence-electron chi connectivity index (χ4n) is 3.05. The third kappa shape index (κ3) is 4.12. The van der Waals surface area contributed by atoms with Gasteiger partial charge in [-0.25, -0.2) is 0 Å². The maximum absolute atomic E-state index is 2.45. The molecular formula is C18H26F2Zr. The molecule has 0 aromatic heterocycles. The average Bonchev–Trinajstić information content (AvgIpc) is 2.93. The second kappa shape index (κ2) is 8.37. The number of rotatable bonds is 5. The second-order valence-electron chi connectivity index (χ2n) is 6.28. The Labute approximate surface area is 139 Å². The Bertz CT molecular complexity index is 493. The van der Waals surface area contributed by atoms with E-state index in [4.69, 9.17) is 0 Å². The van der Waals surface area contributed by atoms with E-state index in [0.717, 1.165) is 0 Å². The summed E-state index contributed by atoms with van der Waals surface area (Å²) in [6.45, 7) is 11.9. The first-order valence-electron chi connectivity index (χ1n) is 7.53. The summed E-state index contributed by atoms with van der Waals surface area (Å²) in [6.07, 6.45) is 12.1. The van der Waals surface area contributed by atoms with Gasteiger partial charge in [0.05, 0.1) is 0 Å². The van der Waals surface area contributed by atoms with Crippen LogP contribution in [-0.2, 0) is 23.2 Å². The number of hydrogen-bond donors (Lipinski definition) is 0. The third-order valence-electron chi connectivity index (χ3n) is 4.72. The summed E-state index contributed by atoms with van der Waals surface area (Å²) in [5, 5.41) is 0. The van der Waals surface area contributed by atoms with Crippen LogP contribution in [-0.4, -0.2) is 0 Å². The summed E-state index contributed by atoms with van der Waals surface area (Å²) >= 11 is -0.560. The van der Waals surface area contributed by atoms with Gasteiger partial charge in [0.25, 0.3) is 0 Å². The van der Waals surface area contributed by atoms with Crippen molar-refractivity contribution in [3.63, 3.8) is 0 Å². The van der Waals surface area contributed by atoms with Gasteiger partial charge in [0.1, 0.15) is 0 Å². The molecule has 0 spiro atoms. The molecular weight excluding hydrogens is 345 g/mol. The van der Waals surface area contributed by atoms with Crippen molar-refractivity contribution < 1.29 is 32.6 Å². The van der Waals surface area contributed by atoms with Crippen LogP contribution >= 0.6 is 0 Å². The predicted molar refractivity (Wildman–Crippen MR) is 80.5 cm³/mol. The Morgan fingerprint density at radius 1 is 1.19 bits per heavy atom. The molecule has 0 fully saturated rings. The van der Waals surface area contributed by atoms with Crippen molar-refractivity contribution in [2.24, 2.45) is 5.41 Å². The Balaban J connectivity index is 0.00000200. The predicted octanol–water partition coefficient (Wildman–Crippen LogP) is -0.259. The standard InChI is InChI=1S/C13H21.C5H5.2FH.Zr/c1-6-7-8-12-9-13(4,5)11(3)10(12)2;1-2-4-5-3-1;;;/h6-8H2,1-5H3;1-3H,4H2;2*1H;/q;;;;+2/p-2. The van der Waals surface area contributed by atoms with Crippen LogP contribution < -0.4 is 9.41 Å².